The lowest BCUT2D eigenvalue weighted by atomic mass is 9.95. The summed E-state index contributed by atoms with van der Waals surface area (Å²) in [7, 11) is 1.43. The second-order valence-corrected chi connectivity index (χ2v) is 8.72. The molecule has 1 aliphatic rings. The van der Waals surface area contributed by atoms with Gasteiger partial charge in [0.25, 0.3) is 5.91 Å². The Labute approximate surface area is 221 Å². The third kappa shape index (κ3) is 6.52. The molecule has 2 aromatic carbocycles. The molecule has 1 heterocycles. The predicted octanol–water partition coefficient (Wildman–Crippen LogP) is 3.05. The van der Waals surface area contributed by atoms with Gasteiger partial charge >= 0.3 is 5.97 Å². The fourth-order valence-electron chi connectivity index (χ4n) is 3.43. The molecule has 0 saturated carbocycles. The number of carbonyl (C=O) groups excluding carboxylic acids is 2. The number of aromatic hydroxyl groups is 1. The van der Waals surface area contributed by atoms with Crippen LogP contribution < -0.4 is 25.5 Å². The first-order chi connectivity index (χ1) is 17.2. The minimum Gasteiger partial charge on any atom is -0.504 e. The molecule has 0 spiro atoms. The van der Waals surface area contributed by atoms with Gasteiger partial charge in [-0.05, 0) is 60.2 Å². The zero-order valence-corrected chi connectivity index (χ0v) is 22.2. The minimum absolute atomic E-state index is 0.0298. The number of phenols is 1. The van der Waals surface area contributed by atoms with Crippen LogP contribution in [0, 0.1) is 0 Å². The summed E-state index contributed by atoms with van der Waals surface area (Å²) in [5.74, 6) is -0.365. The number of hydrogen-bond donors (Lipinski definition) is 4. The highest BCUT2D eigenvalue weighted by molar-refractivity contribution is 9.10. The van der Waals surface area contributed by atoms with Gasteiger partial charge in [0.15, 0.2) is 23.2 Å². The van der Waals surface area contributed by atoms with E-state index >= 15 is 0 Å². The van der Waals surface area contributed by atoms with Gasteiger partial charge in [-0.3, -0.25) is 4.79 Å². The zero-order chi connectivity index (χ0) is 26.2. The van der Waals surface area contributed by atoms with Gasteiger partial charge in [0, 0.05) is 21.3 Å². The van der Waals surface area contributed by atoms with Gasteiger partial charge in [-0.2, -0.15) is 5.10 Å². The zero-order valence-electron chi connectivity index (χ0n) is 19.8. The Kier molecular flexibility index (Phi) is 9.25. The van der Waals surface area contributed by atoms with Crippen LogP contribution >= 0.6 is 28.1 Å². The molecule has 0 saturated heterocycles. The second-order valence-electron chi connectivity index (χ2n) is 7.46. The predicted molar refractivity (Wildman–Crippen MR) is 141 cm³/mol. The maximum absolute atomic E-state index is 12.6. The van der Waals surface area contributed by atoms with Gasteiger partial charge in [-0.15, -0.1) is 0 Å². The molecule has 2 aromatic rings. The van der Waals surface area contributed by atoms with E-state index in [9.17, 15) is 14.7 Å². The quantitative estimate of drug-likeness (QED) is 0.154. The summed E-state index contributed by atoms with van der Waals surface area (Å²) in [5, 5.41) is 20.1. The summed E-state index contributed by atoms with van der Waals surface area (Å²) in [6.07, 6.45) is 1.40. The Morgan fingerprint density at radius 2 is 2.03 bits per heavy atom. The van der Waals surface area contributed by atoms with Crippen molar-refractivity contribution in [2.24, 2.45) is 5.10 Å². The molecule has 10 nitrogen and oxygen atoms in total. The maximum atomic E-state index is 12.6. The largest absolute Gasteiger partial charge is 0.504 e. The van der Waals surface area contributed by atoms with Crippen molar-refractivity contribution in [3.8, 4) is 17.2 Å². The Hall–Kier alpha value is -3.64. The van der Waals surface area contributed by atoms with Gasteiger partial charge in [-0.25, -0.2) is 10.2 Å². The van der Waals surface area contributed by atoms with Crippen LogP contribution in [0.2, 0.25) is 0 Å². The number of esters is 1. The molecule has 36 heavy (non-hydrogen) atoms. The molecule has 190 valence electrons. The van der Waals surface area contributed by atoms with E-state index in [2.05, 4.69) is 37.1 Å². The number of rotatable bonds is 9. The topological polar surface area (TPSA) is 131 Å². The molecule has 1 aliphatic heterocycles. The number of amides is 1. The van der Waals surface area contributed by atoms with Crippen molar-refractivity contribution in [2.75, 3.05) is 20.3 Å². The number of halogens is 1. The molecule has 0 radical (unpaired) electrons. The van der Waals surface area contributed by atoms with Crippen molar-refractivity contribution in [3.63, 3.8) is 0 Å². The van der Waals surface area contributed by atoms with Crippen LogP contribution in [-0.2, 0) is 14.3 Å². The normalized spacial score (nSPS) is 15.2. The van der Waals surface area contributed by atoms with Crippen LogP contribution in [0.5, 0.6) is 17.2 Å². The third-order valence-corrected chi connectivity index (χ3v) is 5.95. The summed E-state index contributed by atoms with van der Waals surface area (Å²) >= 11 is 8.60. The van der Waals surface area contributed by atoms with Crippen molar-refractivity contribution in [2.45, 2.75) is 19.9 Å². The monoisotopic (exact) mass is 576 g/mol. The molecule has 0 unspecified atom stereocenters. The lowest BCUT2D eigenvalue weighted by molar-refractivity contribution is -0.139. The molecule has 12 heteroatoms. The molecule has 0 fully saturated rings. The highest BCUT2D eigenvalue weighted by atomic mass is 79.9. The number of carbonyl (C=O) groups is 2. The lowest BCUT2D eigenvalue weighted by Crippen LogP contribution is -2.45. The Morgan fingerprint density at radius 1 is 1.28 bits per heavy atom. The van der Waals surface area contributed by atoms with Crippen LogP contribution in [0.25, 0.3) is 0 Å². The Morgan fingerprint density at radius 3 is 2.75 bits per heavy atom. The Balaban J connectivity index is 1.72. The molecular formula is C24H25BrN4O6S. The third-order valence-electron chi connectivity index (χ3n) is 5.04. The van der Waals surface area contributed by atoms with Crippen LogP contribution in [-0.4, -0.2) is 48.6 Å². The number of thiocarbonyl (C=S) groups is 1. The molecule has 0 aliphatic carbocycles. The molecule has 1 amide bonds. The molecule has 0 aromatic heterocycles. The van der Waals surface area contributed by atoms with Gasteiger partial charge in [0.2, 0.25) is 0 Å². The van der Waals surface area contributed by atoms with Crippen LogP contribution in [0.4, 0.5) is 0 Å². The molecule has 3 rings (SSSR count). The number of nitrogens with one attached hydrogen (secondary N) is 3. The van der Waals surface area contributed by atoms with Gasteiger partial charge in [0.1, 0.15) is 5.75 Å². The number of phenolic OH excluding ortho intramolecular Hbond substituents is 1. The summed E-state index contributed by atoms with van der Waals surface area (Å²) in [4.78, 5) is 25.0. The highest BCUT2D eigenvalue weighted by Crippen LogP contribution is 2.34. The molecular weight excluding hydrogens is 552 g/mol. The number of hydrazone groups is 1. The number of nitrogens with zero attached hydrogens (tertiary/aromatic N) is 1. The maximum Gasteiger partial charge on any atom is 0.338 e. The van der Waals surface area contributed by atoms with Crippen molar-refractivity contribution in [1.82, 2.24) is 16.1 Å². The van der Waals surface area contributed by atoms with Gasteiger partial charge in [0.05, 0.1) is 31.5 Å². The minimum atomic E-state index is -0.628. The standard InChI is InChI=1S/C24H25BrN4O6S/c1-4-34-23(32)21-13(2)27-24(36)28-22(21)15-7-5-6-8-18(15)35-12-20(31)29-26-11-14-9-19(33-3)17(30)10-16(14)25/h5-11,22,30H,4,12H2,1-3H3,(H,29,31)(H2,27,28,36)/t22-/m1/s1. The number of methoxy groups -OCH3 is 1. The van der Waals surface area contributed by atoms with E-state index in [1.807, 2.05) is 0 Å². The lowest BCUT2D eigenvalue weighted by Gasteiger charge is -2.30. The fraction of sp³-hybridized carbons (Fsp3) is 0.250. The van der Waals surface area contributed by atoms with Crippen molar-refractivity contribution in [1.29, 1.82) is 0 Å². The summed E-state index contributed by atoms with van der Waals surface area (Å²) in [5.41, 5.74) is 4.52. The van der Waals surface area contributed by atoms with Gasteiger partial charge in [-0.1, -0.05) is 18.2 Å². The van der Waals surface area contributed by atoms with Gasteiger partial charge < -0.3 is 30.0 Å². The van der Waals surface area contributed by atoms with E-state index in [1.165, 1.54) is 19.4 Å². The van der Waals surface area contributed by atoms with Crippen molar-refractivity contribution < 1.29 is 28.9 Å². The van der Waals surface area contributed by atoms with E-state index in [1.54, 1.807) is 44.2 Å². The number of ether oxygens (including phenoxy) is 3. The highest BCUT2D eigenvalue weighted by Gasteiger charge is 2.32. The van der Waals surface area contributed by atoms with E-state index in [0.717, 1.165) is 0 Å². The SMILES string of the molecule is CCOC(=O)C1=C(C)NC(=S)N[C@@H]1c1ccccc1OCC(=O)NN=Cc1cc(OC)c(O)cc1Br. The summed E-state index contributed by atoms with van der Waals surface area (Å²) < 4.78 is 16.6. The smallest absolute Gasteiger partial charge is 0.338 e. The second kappa shape index (κ2) is 12.4. The first-order valence-electron chi connectivity index (χ1n) is 10.8. The van der Waals surface area contributed by atoms with E-state index < -0.39 is 17.9 Å². The summed E-state index contributed by atoms with van der Waals surface area (Å²) in [6.45, 7) is 3.36. The van der Waals surface area contributed by atoms with E-state index in [4.69, 9.17) is 26.4 Å². The number of allylic oxidation sites excluding steroid dienone is 1. The average molecular weight is 577 g/mol. The summed E-state index contributed by atoms with van der Waals surface area (Å²) in [6, 6.07) is 9.41. The first-order valence-corrected chi connectivity index (χ1v) is 12.0. The number of para-hydroxylation sites is 1. The van der Waals surface area contributed by atoms with Crippen molar-refractivity contribution >= 4 is 51.4 Å². The van der Waals surface area contributed by atoms with E-state index in [-0.39, 0.29) is 24.7 Å². The first kappa shape index (κ1) is 27.0. The number of benzene rings is 2. The Bertz CT molecular complexity index is 1230. The van der Waals surface area contributed by atoms with Crippen LogP contribution in [0.15, 0.2) is 57.2 Å². The fourth-order valence-corrected chi connectivity index (χ4v) is 4.13. The molecule has 1 atom stereocenters. The molecule has 4 N–H and O–H groups in total. The number of hydrogen-bond acceptors (Lipinski definition) is 8. The molecule has 0 bridgehead atoms. The van der Waals surface area contributed by atoms with Crippen molar-refractivity contribution in [3.05, 3.63) is 63.3 Å². The van der Waals surface area contributed by atoms with Crippen LogP contribution in [0.3, 0.4) is 0 Å². The van der Waals surface area contributed by atoms with E-state index in [0.29, 0.717) is 37.7 Å². The van der Waals surface area contributed by atoms with Crippen LogP contribution in [0.1, 0.15) is 31.0 Å². The average Bonchev–Trinajstić information content (AvgIpc) is 2.84.